The molecule has 0 aliphatic heterocycles. The number of imidazole rings is 1. The number of aliphatic hydroxyl groups excluding tert-OH is 1. The summed E-state index contributed by atoms with van der Waals surface area (Å²) < 4.78 is 0. The van der Waals surface area contributed by atoms with Crippen LogP contribution in [-0.2, 0) is 25.6 Å². The van der Waals surface area contributed by atoms with Crippen molar-refractivity contribution in [2.75, 3.05) is 6.54 Å². The van der Waals surface area contributed by atoms with E-state index in [0.717, 1.165) is 0 Å². The Morgan fingerprint density at radius 1 is 1.14 bits per heavy atom. The lowest BCUT2D eigenvalue weighted by atomic mass is 10.0. The van der Waals surface area contributed by atoms with Crippen LogP contribution >= 0.6 is 0 Å². The van der Waals surface area contributed by atoms with Gasteiger partial charge in [0.25, 0.3) is 0 Å². The number of nitrogens with one attached hydrogen (secondary N) is 4. The summed E-state index contributed by atoms with van der Waals surface area (Å²) in [7, 11) is 0. The molecule has 29 heavy (non-hydrogen) atoms. The van der Waals surface area contributed by atoms with E-state index in [0.29, 0.717) is 5.69 Å². The normalized spacial score (nSPS) is 15.1. The molecule has 0 fully saturated rings. The number of hydrogen-bond acceptors (Lipinski definition) is 7. The molecule has 0 bridgehead atoms. The Hall–Kier alpha value is -2.99. The number of carbonyl (C=O) groups is 4. The number of amides is 3. The number of nitrogens with two attached hydrogens (primary N) is 1. The van der Waals surface area contributed by atoms with Crippen LogP contribution in [0.1, 0.15) is 26.5 Å². The van der Waals surface area contributed by atoms with Crippen molar-refractivity contribution in [3.05, 3.63) is 18.2 Å². The predicted octanol–water partition coefficient (Wildman–Crippen LogP) is -2.51. The van der Waals surface area contributed by atoms with E-state index < -0.39 is 54.5 Å². The summed E-state index contributed by atoms with van der Waals surface area (Å²) in [6.07, 6.45) is 1.89. The summed E-state index contributed by atoms with van der Waals surface area (Å²) in [5.41, 5.74) is 6.52. The van der Waals surface area contributed by atoms with Crippen LogP contribution in [-0.4, -0.2) is 74.6 Å². The van der Waals surface area contributed by atoms with Gasteiger partial charge < -0.3 is 36.9 Å². The average Bonchev–Trinajstić information content (AvgIpc) is 3.13. The molecular formula is C17H28N6O6. The lowest BCUT2D eigenvalue weighted by Crippen LogP contribution is -2.56. The molecule has 8 N–H and O–H groups in total. The first kappa shape index (κ1) is 24.0. The van der Waals surface area contributed by atoms with Crippen molar-refractivity contribution < 1.29 is 29.4 Å². The van der Waals surface area contributed by atoms with Crippen LogP contribution < -0.4 is 21.7 Å². The Bertz CT molecular complexity index is 705. The zero-order valence-corrected chi connectivity index (χ0v) is 16.5. The second kappa shape index (κ2) is 11.1. The number of H-pyrrole nitrogens is 1. The van der Waals surface area contributed by atoms with Crippen LogP contribution in [0, 0.1) is 5.92 Å². The molecule has 0 aliphatic carbocycles. The number of carboxylic acids is 1. The maximum Gasteiger partial charge on any atom is 0.328 e. The van der Waals surface area contributed by atoms with Crippen molar-refractivity contribution in [1.82, 2.24) is 25.9 Å². The number of rotatable bonds is 11. The second-order valence-corrected chi connectivity index (χ2v) is 6.96. The minimum atomic E-state index is -1.50. The van der Waals surface area contributed by atoms with Crippen molar-refractivity contribution in [2.45, 2.75) is 51.4 Å². The van der Waals surface area contributed by atoms with Gasteiger partial charge in [-0.05, 0) is 12.8 Å². The number of aromatic amines is 1. The minimum absolute atomic E-state index is 0.205. The molecule has 0 saturated heterocycles. The van der Waals surface area contributed by atoms with Gasteiger partial charge in [0.15, 0.2) is 6.04 Å². The van der Waals surface area contributed by atoms with E-state index in [9.17, 15) is 24.3 Å². The fourth-order valence-corrected chi connectivity index (χ4v) is 2.41. The monoisotopic (exact) mass is 412 g/mol. The Balaban J connectivity index is 2.60. The zero-order valence-electron chi connectivity index (χ0n) is 16.5. The van der Waals surface area contributed by atoms with E-state index in [-0.39, 0.29) is 12.3 Å². The standard InChI is InChI=1S/C17H28N6O6/c1-8(2)13(23-15(26)11(18)4-10-5-19-7-21-10)16(27)20-6-12(25)22-14(9(3)24)17(28)29/h5,7-9,11,13-14,24H,4,6,18H2,1-3H3,(H,19,21)(H,20,27)(H,22,25)(H,23,26)(H,28,29). The van der Waals surface area contributed by atoms with Gasteiger partial charge in [-0.2, -0.15) is 0 Å². The molecular weight excluding hydrogens is 384 g/mol. The summed E-state index contributed by atoms with van der Waals surface area (Å²) in [5, 5.41) is 25.3. The molecule has 1 aromatic heterocycles. The Morgan fingerprint density at radius 3 is 2.28 bits per heavy atom. The van der Waals surface area contributed by atoms with E-state index >= 15 is 0 Å². The first-order valence-corrected chi connectivity index (χ1v) is 9.04. The third-order valence-electron chi connectivity index (χ3n) is 4.07. The summed E-state index contributed by atoms with van der Waals surface area (Å²) >= 11 is 0. The summed E-state index contributed by atoms with van der Waals surface area (Å²) in [4.78, 5) is 54.2. The van der Waals surface area contributed by atoms with Crippen molar-refractivity contribution in [1.29, 1.82) is 0 Å². The van der Waals surface area contributed by atoms with E-state index in [4.69, 9.17) is 10.8 Å². The van der Waals surface area contributed by atoms with Crippen LogP contribution in [0.2, 0.25) is 0 Å². The average molecular weight is 412 g/mol. The molecule has 0 spiro atoms. The van der Waals surface area contributed by atoms with E-state index in [2.05, 4.69) is 25.9 Å². The molecule has 0 aromatic carbocycles. The highest BCUT2D eigenvalue weighted by Crippen LogP contribution is 2.04. The van der Waals surface area contributed by atoms with E-state index in [1.807, 2.05) is 0 Å². The van der Waals surface area contributed by atoms with Crippen LogP contribution in [0.25, 0.3) is 0 Å². The Labute approximate surface area is 167 Å². The molecule has 1 heterocycles. The third-order valence-corrected chi connectivity index (χ3v) is 4.07. The Kier molecular flexibility index (Phi) is 9.22. The van der Waals surface area contributed by atoms with Gasteiger partial charge in [0.1, 0.15) is 6.04 Å². The topological polar surface area (TPSA) is 200 Å². The molecule has 0 aliphatic rings. The van der Waals surface area contributed by atoms with E-state index in [1.54, 1.807) is 13.8 Å². The second-order valence-electron chi connectivity index (χ2n) is 6.96. The Morgan fingerprint density at radius 2 is 1.79 bits per heavy atom. The molecule has 3 amide bonds. The molecule has 4 unspecified atom stereocenters. The van der Waals surface area contributed by atoms with Crippen LogP contribution in [0.5, 0.6) is 0 Å². The number of aromatic nitrogens is 2. The largest absolute Gasteiger partial charge is 0.480 e. The van der Waals surface area contributed by atoms with Gasteiger partial charge in [0.2, 0.25) is 17.7 Å². The van der Waals surface area contributed by atoms with Gasteiger partial charge in [0.05, 0.1) is 25.0 Å². The summed E-state index contributed by atoms with van der Waals surface area (Å²) in [5.74, 6) is -3.67. The van der Waals surface area contributed by atoms with E-state index in [1.165, 1.54) is 19.4 Å². The molecule has 12 heteroatoms. The van der Waals surface area contributed by atoms with Gasteiger partial charge in [-0.15, -0.1) is 0 Å². The zero-order chi connectivity index (χ0) is 22.1. The van der Waals surface area contributed by atoms with Crippen molar-refractivity contribution in [3.8, 4) is 0 Å². The fourth-order valence-electron chi connectivity index (χ4n) is 2.41. The number of aliphatic hydroxyl groups is 1. The number of nitrogens with zero attached hydrogens (tertiary/aromatic N) is 1. The molecule has 1 rings (SSSR count). The van der Waals surface area contributed by atoms with Crippen molar-refractivity contribution in [3.63, 3.8) is 0 Å². The summed E-state index contributed by atoms with van der Waals surface area (Å²) in [6, 6.07) is -3.36. The minimum Gasteiger partial charge on any atom is -0.480 e. The van der Waals surface area contributed by atoms with Crippen LogP contribution in [0.15, 0.2) is 12.5 Å². The number of carboxylic acid groups (broad SMARTS) is 1. The highest BCUT2D eigenvalue weighted by atomic mass is 16.4. The fraction of sp³-hybridized carbons (Fsp3) is 0.588. The quantitative estimate of drug-likeness (QED) is 0.206. The molecule has 0 radical (unpaired) electrons. The third kappa shape index (κ3) is 7.87. The van der Waals surface area contributed by atoms with Gasteiger partial charge in [0, 0.05) is 18.3 Å². The lowest BCUT2D eigenvalue weighted by Gasteiger charge is -2.23. The molecule has 0 saturated carbocycles. The van der Waals surface area contributed by atoms with Gasteiger partial charge in [-0.3, -0.25) is 14.4 Å². The van der Waals surface area contributed by atoms with Gasteiger partial charge in [-0.1, -0.05) is 13.8 Å². The summed E-state index contributed by atoms with van der Waals surface area (Å²) in [6.45, 7) is 4.11. The first-order chi connectivity index (χ1) is 13.5. The number of aliphatic carboxylic acids is 1. The molecule has 162 valence electrons. The number of hydrogen-bond donors (Lipinski definition) is 7. The predicted molar refractivity (Wildman–Crippen MR) is 101 cm³/mol. The molecule has 12 nitrogen and oxygen atoms in total. The maximum atomic E-state index is 12.4. The van der Waals surface area contributed by atoms with Crippen LogP contribution in [0.4, 0.5) is 0 Å². The lowest BCUT2D eigenvalue weighted by molar-refractivity contribution is -0.144. The molecule has 4 atom stereocenters. The van der Waals surface area contributed by atoms with Crippen molar-refractivity contribution in [2.24, 2.45) is 11.7 Å². The highest BCUT2D eigenvalue weighted by Gasteiger charge is 2.28. The highest BCUT2D eigenvalue weighted by molar-refractivity contribution is 5.92. The van der Waals surface area contributed by atoms with Crippen molar-refractivity contribution >= 4 is 23.7 Å². The first-order valence-electron chi connectivity index (χ1n) is 9.04. The maximum absolute atomic E-state index is 12.4. The SMILES string of the molecule is CC(C)C(NC(=O)C(N)Cc1cnc[nH]1)C(=O)NCC(=O)NC(C(=O)O)C(C)O. The van der Waals surface area contributed by atoms with Gasteiger partial charge in [-0.25, -0.2) is 9.78 Å². The smallest absolute Gasteiger partial charge is 0.328 e. The number of carbonyl (C=O) groups excluding carboxylic acids is 3. The molecule has 1 aromatic rings. The van der Waals surface area contributed by atoms with Gasteiger partial charge >= 0.3 is 5.97 Å². The van der Waals surface area contributed by atoms with Crippen LogP contribution in [0.3, 0.4) is 0 Å².